The van der Waals surface area contributed by atoms with Crippen molar-refractivity contribution in [3.05, 3.63) is 59.7 Å². The van der Waals surface area contributed by atoms with Crippen LogP contribution in [0.2, 0.25) is 0 Å². The summed E-state index contributed by atoms with van der Waals surface area (Å²) in [6.45, 7) is 2.39. The number of carbonyl (C=O) groups is 2. The third-order valence-corrected chi connectivity index (χ3v) is 4.40. The van der Waals surface area contributed by atoms with Crippen molar-refractivity contribution >= 4 is 29.3 Å². The molecule has 6 heteroatoms. The molecule has 132 valence electrons. The van der Waals surface area contributed by atoms with Crippen LogP contribution < -0.4 is 15.4 Å². The fourth-order valence-corrected chi connectivity index (χ4v) is 2.81. The number of methoxy groups -OCH3 is 1. The highest BCUT2D eigenvalue weighted by atomic mass is 32.2. The van der Waals surface area contributed by atoms with Gasteiger partial charge in [0, 0.05) is 17.8 Å². The topological polar surface area (TPSA) is 67.4 Å². The van der Waals surface area contributed by atoms with E-state index in [0.717, 1.165) is 22.6 Å². The Morgan fingerprint density at radius 3 is 2.40 bits per heavy atom. The highest BCUT2D eigenvalue weighted by Gasteiger charge is 2.07. The van der Waals surface area contributed by atoms with Crippen LogP contribution in [-0.4, -0.2) is 30.4 Å². The zero-order valence-corrected chi connectivity index (χ0v) is 15.2. The lowest BCUT2D eigenvalue weighted by Crippen LogP contribution is -2.25. The number of thioether (sulfide) groups is 1. The van der Waals surface area contributed by atoms with Crippen molar-refractivity contribution in [3.8, 4) is 5.75 Å². The summed E-state index contributed by atoms with van der Waals surface area (Å²) in [5.74, 6) is 0.977. The molecule has 2 aromatic rings. The molecule has 0 bridgehead atoms. The molecule has 5 nitrogen and oxygen atoms in total. The van der Waals surface area contributed by atoms with E-state index in [1.807, 2.05) is 55.5 Å². The summed E-state index contributed by atoms with van der Waals surface area (Å²) in [6.07, 6.45) is 0. The van der Waals surface area contributed by atoms with Crippen molar-refractivity contribution in [2.45, 2.75) is 13.5 Å². The standard InChI is InChI=1S/C19H22N2O3S/c1-14-7-9-16(10-8-14)21-19(23)13-25-12-18(22)20-11-15-5-3-4-6-17(15)24-2/h3-10H,11-13H2,1-2H3,(H,20,22)(H,21,23). The molecule has 2 aromatic carbocycles. The molecule has 2 amide bonds. The average Bonchev–Trinajstić information content (AvgIpc) is 2.62. The average molecular weight is 358 g/mol. The van der Waals surface area contributed by atoms with Crippen molar-refractivity contribution in [2.24, 2.45) is 0 Å². The van der Waals surface area contributed by atoms with Gasteiger partial charge in [-0.05, 0) is 25.1 Å². The number of benzene rings is 2. The number of ether oxygens (including phenoxy) is 1. The van der Waals surface area contributed by atoms with Crippen molar-refractivity contribution in [2.75, 3.05) is 23.9 Å². The first-order valence-electron chi connectivity index (χ1n) is 7.91. The van der Waals surface area contributed by atoms with Gasteiger partial charge in [0.25, 0.3) is 0 Å². The maximum Gasteiger partial charge on any atom is 0.234 e. The number of hydrogen-bond acceptors (Lipinski definition) is 4. The van der Waals surface area contributed by atoms with Crippen LogP contribution in [0, 0.1) is 6.92 Å². The zero-order valence-electron chi connectivity index (χ0n) is 14.4. The van der Waals surface area contributed by atoms with Crippen LogP contribution in [0.4, 0.5) is 5.69 Å². The minimum Gasteiger partial charge on any atom is -0.496 e. The molecule has 0 atom stereocenters. The second kappa shape index (κ2) is 9.74. The third kappa shape index (κ3) is 6.51. The van der Waals surface area contributed by atoms with Gasteiger partial charge in [0.1, 0.15) is 5.75 Å². The SMILES string of the molecule is COc1ccccc1CNC(=O)CSCC(=O)Nc1ccc(C)cc1. The number of anilines is 1. The Kier molecular flexibility index (Phi) is 7.35. The molecule has 0 aliphatic rings. The van der Waals surface area contributed by atoms with E-state index in [4.69, 9.17) is 4.74 Å². The molecule has 0 aliphatic heterocycles. The number of amides is 2. The number of para-hydroxylation sites is 1. The lowest BCUT2D eigenvalue weighted by atomic mass is 10.2. The molecule has 0 saturated heterocycles. The molecule has 0 fully saturated rings. The highest BCUT2D eigenvalue weighted by Crippen LogP contribution is 2.16. The van der Waals surface area contributed by atoms with E-state index in [0.29, 0.717) is 6.54 Å². The Morgan fingerprint density at radius 2 is 1.68 bits per heavy atom. The van der Waals surface area contributed by atoms with Gasteiger partial charge >= 0.3 is 0 Å². The van der Waals surface area contributed by atoms with Crippen LogP contribution in [0.5, 0.6) is 5.75 Å². The molecule has 0 saturated carbocycles. The summed E-state index contributed by atoms with van der Waals surface area (Å²) in [4.78, 5) is 23.8. The number of rotatable bonds is 8. The maximum absolute atomic E-state index is 11.9. The molecule has 2 rings (SSSR count). The van der Waals surface area contributed by atoms with Crippen molar-refractivity contribution in [1.29, 1.82) is 0 Å². The van der Waals surface area contributed by atoms with Gasteiger partial charge in [-0.15, -0.1) is 11.8 Å². The molecule has 25 heavy (non-hydrogen) atoms. The molecule has 0 heterocycles. The molecule has 0 aromatic heterocycles. The van der Waals surface area contributed by atoms with Gasteiger partial charge in [-0.25, -0.2) is 0 Å². The lowest BCUT2D eigenvalue weighted by molar-refractivity contribution is -0.118. The van der Waals surface area contributed by atoms with E-state index < -0.39 is 0 Å². The van der Waals surface area contributed by atoms with E-state index in [1.54, 1.807) is 7.11 Å². The molecule has 0 radical (unpaired) electrons. The first-order chi connectivity index (χ1) is 12.1. The minimum absolute atomic E-state index is 0.112. The van der Waals surface area contributed by atoms with Crippen LogP contribution in [0.1, 0.15) is 11.1 Å². The van der Waals surface area contributed by atoms with E-state index in [2.05, 4.69) is 10.6 Å². The van der Waals surface area contributed by atoms with Crippen molar-refractivity contribution < 1.29 is 14.3 Å². The molecular weight excluding hydrogens is 336 g/mol. The van der Waals surface area contributed by atoms with E-state index in [1.165, 1.54) is 11.8 Å². The fraction of sp³-hybridized carbons (Fsp3) is 0.263. The molecule has 2 N–H and O–H groups in total. The van der Waals surface area contributed by atoms with Crippen LogP contribution in [0.25, 0.3) is 0 Å². The largest absolute Gasteiger partial charge is 0.496 e. The Labute approximate surface area is 152 Å². The number of hydrogen-bond donors (Lipinski definition) is 2. The molecular formula is C19H22N2O3S. The number of aryl methyl sites for hydroxylation is 1. The van der Waals surface area contributed by atoms with Crippen LogP contribution in [0.3, 0.4) is 0 Å². The van der Waals surface area contributed by atoms with Gasteiger partial charge in [-0.1, -0.05) is 35.9 Å². The van der Waals surface area contributed by atoms with Gasteiger partial charge in [0.15, 0.2) is 0 Å². The molecule has 0 spiro atoms. The van der Waals surface area contributed by atoms with E-state index >= 15 is 0 Å². The summed E-state index contributed by atoms with van der Waals surface area (Å²) in [5, 5.41) is 5.64. The first-order valence-corrected chi connectivity index (χ1v) is 9.07. The highest BCUT2D eigenvalue weighted by molar-refractivity contribution is 8.00. The van der Waals surface area contributed by atoms with Crippen LogP contribution in [-0.2, 0) is 16.1 Å². The van der Waals surface area contributed by atoms with E-state index in [9.17, 15) is 9.59 Å². The Bertz CT molecular complexity index is 717. The summed E-state index contributed by atoms with van der Waals surface area (Å²) in [7, 11) is 1.60. The lowest BCUT2D eigenvalue weighted by Gasteiger charge is -2.09. The van der Waals surface area contributed by atoms with Gasteiger partial charge in [0.2, 0.25) is 11.8 Å². The minimum atomic E-state index is -0.119. The van der Waals surface area contributed by atoms with E-state index in [-0.39, 0.29) is 23.3 Å². The van der Waals surface area contributed by atoms with Gasteiger partial charge in [-0.2, -0.15) is 0 Å². The third-order valence-electron chi connectivity index (χ3n) is 3.47. The summed E-state index contributed by atoms with van der Waals surface area (Å²) < 4.78 is 5.24. The molecule has 0 aliphatic carbocycles. The van der Waals surface area contributed by atoms with Gasteiger partial charge in [-0.3, -0.25) is 9.59 Å². The predicted molar refractivity (Wildman–Crippen MR) is 102 cm³/mol. The van der Waals surface area contributed by atoms with Gasteiger partial charge < -0.3 is 15.4 Å². The quantitative estimate of drug-likeness (QED) is 0.761. The van der Waals surface area contributed by atoms with Crippen molar-refractivity contribution in [1.82, 2.24) is 5.32 Å². The second-order valence-electron chi connectivity index (χ2n) is 5.50. The summed E-state index contributed by atoms with van der Waals surface area (Å²) in [6, 6.07) is 15.1. The van der Waals surface area contributed by atoms with Crippen LogP contribution in [0.15, 0.2) is 48.5 Å². The van der Waals surface area contributed by atoms with Gasteiger partial charge in [0.05, 0.1) is 18.6 Å². The summed E-state index contributed by atoms with van der Waals surface area (Å²) >= 11 is 1.28. The molecule has 0 unspecified atom stereocenters. The Balaban J connectivity index is 1.68. The first kappa shape index (κ1) is 18.9. The maximum atomic E-state index is 11.9. The monoisotopic (exact) mass is 358 g/mol. The Morgan fingerprint density at radius 1 is 1.00 bits per heavy atom. The number of carbonyl (C=O) groups excluding carboxylic acids is 2. The fourth-order valence-electron chi connectivity index (χ4n) is 2.16. The smallest absolute Gasteiger partial charge is 0.234 e. The zero-order chi connectivity index (χ0) is 18.1. The predicted octanol–water partition coefficient (Wildman–Crippen LogP) is 2.99. The normalized spacial score (nSPS) is 10.2. The van der Waals surface area contributed by atoms with Crippen LogP contribution >= 0.6 is 11.8 Å². The number of nitrogens with one attached hydrogen (secondary N) is 2. The second-order valence-corrected chi connectivity index (χ2v) is 6.48. The van der Waals surface area contributed by atoms with Crippen molar-refractivity contribution in [3.63, 3.8) is 0 Å². The Hall–Kier alpha value is -2.47. The summed E-state index contributed by atoms with van der Waals surface area (Å²) in [5.41, 5.74) is 2.82.